The lowest BCUT2D eigenvalue weighted by molar-refractivity contribution is 0.373. The van der Waals surface area contributed by atoms with Gasteiger partial charge in [0, 0.05) is 25.4 Å². The van der Waals surface area contributed by atoms with Gasteiger partial charge in [-0.2, -0.15) is 0 Å². The van der Waals surface area contributed by atoms with Crippen LogP contribution >= 0.6 is 0 Å². The second-order valence-electron chi connectivity index (χ2n) is 4.17. The average Bonchev–Trinajstić information content (AvgIpc) is 2.62. The Hall–Kier alpha value is -0.870. The molecule has 1 rings (SSSR count). The normalized spacial score (nSPS) is 13.4. The maximum atomic E-state index is 5.63. The van der Waals surface area contributed by atoms with E-state index < -0.39 is 0 Å². The van der Waals surface area contributed by atoms with Crippen molar-refractivity contribution >= 4 is 0 Å². The highest BCUT2D eigenvalue weighted by Gasteiger charge is 2.07. The monoisotopic (exact) mass is 211 g/mol. The summed E-state index contributed by atoms with van der Waals surface area (Å²) in [4.78, 5) is 6.38. The molecule has 0 radical (unpaired) electrons. The topological polar surface area (TPSA) is 41.3 Å². The second kappa shape index (κ2) is 5.88. The van der Waals surface area contributed by atoms with E-state index in [0.717, 1.165) is 31.0 Å². The van der Waals surface area contributed by atoms with Crippen LogP contribution in [0, 0.1) is 0 Å². The van der Waals surface area contributed by atoms with Crippen LogP contribution in [0.25, 0.3) is 0 Å². The van der Waals surface area contributed by atoms with E-state index in [9.17, 15) is 0 Å². The Labute approximate surface area is 91.7 Å². The van der Waals surface area contributed by atoms with Crippen LogP contribution in [-0.2, 0) is 12.8 Å². The number of hydrogen-bond acceptors (Lipinski definition) is 4. The molecule has 4 heteroatoms. The molecular formula is C11H21N3O. The molecule has 1 N–H and O–H groups in total. The molecule has 0 aliphatic carbocycles. The number of rotatable bonds is 6. The molecule has 0 fully saturated rings. The molecule has 1 aromatic heterocycles. The second-order valence-corrected chi connectivity index (χ2v) is 4.17. The Morgan fingerprint density at radius 2 is 2.27 bits per heavy atom. The van der Waals surface area contributed by atoms with Gasteiger partial charge in [-0.15, -0.1) is 0 Å². The first-order valence-corrected chi connectivity index (χ1v) is 5.37. The first-order chi connectivity index (χ1) is 7.11. The fraction of sp³-hybridized carbons (Fsp3) is 0.727. The van der Waals surface area contributed by atoms with Crippen LogP contribution in [0.1, 0.15) is 18.6 Å². The van der Waals surface area contributed by atoms with Crippen molar-refractivity contribution in [3.8, 4) is 0 Å². The summed E-state index contributed by atoms with van der Waals surface area (Å²) in [6.45, 7) is 3.10. The van der Waals surface area contributed by atoms with Gasteiger partial charge in [-0.3, -0.25) is 0 Å². The van der Waals surface area contributed by atoms with Crippen LogP contribution in [-0.4, -0.2) is 43.6 Å². The Kier molecular flexibility index (Phi) is 4.78. The van der Waals surface area contributed by atoms with Gasteiger partial charge in [-0.05, 0) is 28.1 Å². The third-order valence-corrected chi connectivity index (χ3v) is 2.37. The van der Waals surface area contributed by atoms with E-state index in [1.54, 1.807) is 0 Å². The van der Waals surface area contributed by atoms with Crippen LogP contribution in [0.4, 0.5) is 0 Å². The zero-order chi connectivity index (χ0) is 11.3. The molecule has 0 amide bonds. The van der Waals surface area contributed by atoms with E-state index in [-0.39, 0.29) is 0 Å². The van der Waals surface area contributed by atoms with Gasteiger partial charge in [-0.25, -0.2) is 4.98 Å². The maximum Gasteiger partial charge on any atom is 0.195 e. The van der Waals surface area contributed by atoms with Crippen LogP contribution in [0.2, 0.25) is 0 Å². The minimum Gasteiger partial charge on any atom is -0.446 e. The number of oxazole rings is 1. The molecule has 0 aliphatic heterocycles. The summed E-state index contributed by atoms with van der Waals surface area (Å²) in [5.41, 5.74) is 0. The van der Waals surface area contributed by atoms with Crippen molar-refractivity contribution in [1.82, 2.24) is 15.2 Å². The van der Waals surface area contributed by atoms with Crippen LogP contribution in [0.15, 0.2) is 10.6 Å². The van der Waals surface area contributed by atoms with Crippen molar-refractivity contribution in [2.75, 3.05) is 27.7 Å². The maximum absolute atomic E-state index is 5.63. The quantitative estimate of drug-likeness (QED) is 0.760. The summed E-state index contributed by atoms with van der Waals surface area (Å²) in [5, 5.41) is 3.18. The lowest BCUT2D eigenvalue weighted by atomic mass is 10.2. The van der Waals surface area contributed by atoms with Gasteiger partial charge < -0.3 is 14.6 Å². The molecule has 0 saturated heterocycles. The molecular weight excluding hydrogens is 190 g/mol. The van der Waals surface area contributed by atoms with E-state index >= 15 is 0 Å². The van der Waals surface area contributed by atoms with E-state index in [0.29, 0.717) is 6.04 Å². The molecule has 0 aromatic carbocycles. The fourth-order valence-electron chi connectivity index (χ4n) is 1.28. The van der Waals surface area contributed by atoms with E-state index in [1.165, 1.54) is 0 Å². The first kappa shape index (κ1) is 12.2. The Balaban J connectivity index is 2.42. The van der Waals surface area contributed by atoms with Crippen molar-refractivity contribution in [3.05, 3.63) is 17.8 Å². The summed E-state index contributed by atoms with van der Waals surface area (Å²) >= 11 is 0. The molecule has 0 bridgehead atoms. The third-order valence-electron chi connectivity index (χ3n) is 2.37. The minimum absolute atomic E-state index is 0.430. The summed E-state index contributed by atoms with van der Waals surface area (Å²) in [7, 11) is 6.05. The number of hydrogen-bond donors (Lipinski definition) is 1. The van der Waals surface area contributed by atoms with Crippen LogP contribution < -0.4 is 5.32 Å². The first-order valence-electron chi connectivity index (χ1n) is 5.37. The lowest BCUT2D eigenvalue weighted by Crippen LogP contribution is -2.23. The molecule has 4 nitrogen and oxygen atoms in total. The van der Waals surface area contributed by atoms with Gasteiger partial charge in [0.25, 0.3) is 0 Å². The zero-order valence-electron chi connectivity index (χ0n) is 10.1. The predicted molar refractivity (Wildman–Crippen MR) is 61.0 cm³/mol. The van der Waals surface area contributed by atoms with E-state index in [2.05, 4.69) is 22.1 Å². The van der Waals surface area contributed by atoms with Crippen LogP contribution in [0.5, 0.6) is 0 Å². The highest BCUT2D eigenvalue weighted by Crippen LogP contribution is 2.07. The minimum atomic E-state index is 0.430. The molecule has 0 aliphatic rings. The highest BCUT2D eigenvalue weighted by molar-refractivity contribution is 4.96. The lowest BCUT2D eigenvalue weighted by Gasteiger charge is -2.07. The summed E-state index contributed by atoms with van der Waals surface area (Å²) in [6.07, 6.45) is 3.60. The molecule has 1 atom stereocenters. The van der Waals surface area contributed by atoms with E-state index in [4.69, 9.17) is 4.42 Å². The van der Waals surface area contributed by atoms with Crippen molar-refractivity contribution in [3.63, 3.8) is 0 Å². The molecule has 0 saturated carbocycles. The van der Waals surface area contributed by atoms with Gasteiger partial charge in [0.05, 0.1) is 6.20 Å². The van der Waals surface area contributed by atoms with Crippen molar-refractivity contribution < 1.29 is 4.42 Å². The van der Waals surface area contributed by atoms with E-state index in [1.807, 2.05) is 27.3 Å². The number of likely N-dealkylation sites (N-methyl/N-ethyl adjacent to an activating group) is 2. The largest absolute Gasteiger partial charge is 0.446 e. The molecule has 1 unspecified atom stereocenters. The summed E-state index contributed by atoms with van der Waals surface area (Å²) in [6, 6.07) is 0.430. The Bertz CT molecular complexity index is 283. The number of nitrogens with zero attached hydrogens (tertiary/aromatic N) is 2. The number of nitrogens with one attached hydrogen (secondary N) is 1. The standard InChI is InChI=1S/C11H21N3O/c1-9(12-2)7-10-8-13-11(15-10)5-6-14(3)4/h8-9,12H,5-7H2,1-4H3. The van der Waals surface area contributed by atoms with Gasteiger partial charge in [-0.1, -0.05) is 0 Å². The molecule has 1 heterocycles. The fourth-order valence-corrected chi connectivity index (χ4v) is 1.28. The molecule has 86 valence electrons. The van der Waals surface area contributed by atoms with Gasteiger partial charge >= 0.3 is 0 Å². The Morgan fingerprint density at radius 3 is 2.87 bits per heavy atom. The van der Waals surface area contributed by atoms with Gasteiger partial charge in [0.1, 0.15) is 5.76 Å². The van der Waals surface area contributed by atoms with Crippen molar-refractivity contribution in [1.29, 1.82) is 0 Å². The Morgan fingerprint density at radius 1 is 1.53 bits per heavy atom. The van der Waals surface area contributed by atoms with Crippen molar-refractivity contribution in [2.45, 2.75) is 25.8 Å². The smallest absolute Gasteiger partial charge is 0.195 e. The predicted octanol–water partition coefficient (Wildman–Crippen LogP) is 0.929. The van der Waals surface area contributed by atoms with Crippen LogP contribution in [0.3, 0.4) is 0 Å². The SMILES string of the molecule is CNC(C)Cc1cnc(CCN(C)C)o1. The average molecular weight is 211 g/mol. The van der Waals surface area contributed by atoms with Crippen molar-refractivity contribution in [2.24, 2.45) is 0 Å². The summed E-state index contributed by atoms with van der Waals surface area (Å²) in [5.74, 6) is 1.80. The molecule has 1 aromatic rings. The third kappa shape index (κ3) is 4.44. The highest BCUT2D eigenvalue weighted by atomic mass is 16.4. The zero-order valence-corrected chi connectivity index (χ0v) is 10.1. The molecule has 15 heavy (non-hydrogen) atoms. The number of aromatic nitrogens is 1. The van der Waals surface area contributed by atoms with Gasteiger partial charge in [0.2, 0.25) is 0 Å². The molecule has 0 spiro atoms. The van der Waals surface area contributed by atoms with Gasteiger partial charge in [0.15, 0.2) is 5.89 Å². The summed E-state index contributed by atoms with van der Waals surface area (Å²) < 4.78 is 5.63.